The number of carbonyl (C=O) groups is 1. The van der Waals surface area contributed by atoms with Crippen molar-refractivity contribution in [3.05, 3.63) is 65.9 Å². The van der Waals surface area contributed by atoms with Crippen LogP contribution >= 0.6 is 0 Å². The predicted molar refractivity (Wildman–Crippen MR) is 76.9 cm³/mol. The van der Waals surface area contributed by atoms with Gasteiger partial charge in [-0.1, -0.05) is 48.6 Å². The largest absolute Gasteiger partial charge is 0.327 e. The molecule has 0 aliphatic carbocycles. The molecule has 0 radical (unpaired) electrons. The minimum atomic E-state index is -0.109. The zero-order chi connectivity index (χ0) is 13.5. The van der Waals surface area contributed by atoms with Crippen LogP contribution in [-0.2, 0) is 4.79 Å². The fraction of sp³-hybridized carbons (Fsp3) is 0.188. The standard InChI is InChI=1S/C16H19NO/c1-5-15(10-9-13(3)17-14(4)18)16-8-6-7-12(2)11-16/h5-11H,3H2,1-2,4H3,(H,17,18)/b10-9-,15-5+. The average Bonchev–Trinajstić information content (AvgIpc) is 2.29. The maximum atomic E-state index is 10.9. The van der Waals surface area contributed by atoms with E-state index in [-0.39, 0.29) is 5.91 Å². The molecule has 0 aliphatic rings. The fourth-order valence-electron chi connectivity index (χ4n) is 1.64. The smallest absolute Gasteiger partial charge is 0.221 e. The van der Waals surface area contributed by atoms with Gasteiger partial charge in [0, 0.05) is 12.6 Å². The molecular formula is C16H19NO. The molecule has 0 fully saturated rings. The molecule has 1 N–H and O–H groups in total. The van der Waals surface area contributed by atoms with Crippen LogP contribution in [-0.4, -0.2) is 5.91 Å². The molecule has 1 rings (SSSR count). The third kappa shape index (κ3) is 4.42. The summed E-state index contributed by atoms with van der Waals surface area (Å²) < 4.78 is 0. The maximum absolute atomic E-state index is 10.9. The third-order valence-electron chi connectivity index (χ3n) is 2.46. The highest BCUT2D eigenvalue weighted by Crippen LogP contribution is 2.17. The highest BCUT2D eigenvalue weighted by atomic mass is 16.1. The molecule has 2 nitrogen and oxygen atoms in total. The first kappa shape index (κ1) is 14.0. The second kappa shape index (κ2) is 6.60. The molecule has 0 heterocycles. The van der Waals surface area contributed by atoms with Gasteiger partial charge >= 0.3 is 0 Å². The van der Waals surface area contributed by atoms with E-state index in [1.807, 2.05) is 25.1 Å². The number of hydrogen-bond donors (Lipinski definition) is 1. The van der Waals surface area contributed by atoms with Crippen LogP contribution < -0.4 is 5.32 Å². The molecule has 0 unspecified atom stereocenters. The van der Waals surface area contributed by atoms with Crippen molar-refractivity contribution < 1.29 is 4.79 Å². The molecule has 1 amide bonds. The molecule has 0 atom stereocenters. The zero-order valence-corrected chi connectivity index (χ0v) is 11.2. The number of hydrogen-bond acceptors (Lipinski definition) is 1. The molecule has 94 valence electrons. The van der Waals surface area contributed by atoms with Crippen molar-refractivity contribution >= 4 is 11.5 Å². The van der Waals surface area contributed by atoms with Gasteiger partial charge in [-0.2, -0.15) is 0 Å². The van der Waals surface area contributed by atoms with Crippen molar-refractivity contribution in [3.63, 3.8) is 0 Å². The normalized spacial score (nSPS) is 11.6. The fourth-order valence-corrected chi connectivity index (χ4v) is 1.64. The van der Waals surface area contributed by atoms with Gasteiger partial charge in [0.05, 0.1) is 0 Å². The first-order valence-electron chi connectivity index (χ1n) is 5.91. The van der Waals surface area contributed by atoms with Gasteiger partial charge in [0.25, 0.3) is 0 Å². The van der Waals surface area contributed by atoms with Crippen molar-refractivity contribution in [2.24, 2.45) is 0 Å². The topological polar surface area (TPSA) is 29.1 Å². The summed E-state index contributed by atoms with van der Waals surface area (Å²) in [6.45, 7) is 9.29. The number of amides is 1. The van der Waals surface area contributed by atoms with Gasteiger partial charge in [0.2, 0.25) is 5.91 Å². The summed E-state index contributed by atoms with van der Waals surface area (Å²) in [5.74, 6) is -0.109. The first-order valence-corrected chi connectivity index (χ1v) is 5.91. The summed E-state index contributed by atoms with van der Waals surface area (Å²) in [5, 5.41) is 2.64. The second-order valence-electron chi connectivity index (χ2n) is 4.15. The number of nitrogens with one attached hydrogen (secondary N) is 1. The van der Waals surface area contributed by atoms with Crippen molar-refractivity contribution in [1.29, 1.82) is 0 Å². The van der Waals surface area contributed by atoms with Crippen LogP contribution in [0.4, 0.5) is 0 Å². The van der Waals surface area contributed by atoms with Gasteiger partial charge < -0.3 is 5.32 Å². The summed E-state index contributed by atoms with van der Waals surface area (Å²) in [7, 11) is 0. The number of carbonyl (C=O) groups excluding carboxylic acids is 1. The Morgan fingerprint density at radius 3 is 2.61 bits per heavy atom. The zero-order valence-electron chi connectivity index (χ0n) is 11.2. The van der Waals surface area contributed by atoms with Crippen LogP contribution in [0.2, 0.25) is 0 Å². The van der Waals surface area contributed by atoms with Gasteiger partial charge in [-0.25, -0.2) is 0 Å². The van der Waals surface area contributed by atoms with E-state index in [1.165, 1.54) is 12.5 Å². The van der Waals surface area contributed by atoms with Gasteiger partial charge in [-0.3, -0.25) is 4.79 Å². The van der Waals surface area contributed by atoms with Crippen LogP contribution in [0.3, 0.4) is 0 Å². The predicted octanol–water partition coefficient (Wildman–Crippen LogP) is 3.60. The first-order chi connectivity index (χ1) is 8.52. The lowest BCUT2D eigenvalue weighted by atomic mass is 10.0. The average molecular weight is 241 g/mol. The summed E-state index contributed by atoms with van der Waals surface area (Å²) in [6, 6.07) is 8.29. The molecule has 1 aromatic rings. The number of benzene rings is 1. The number of rotatable bonds is 4. The van der Waals surface area contributed by atoms with Gasteiger partial charge in [-0.15, -0.1) is 0 Å². The van der Waals surface area contributed by atoms with Gasteiger partial charge in [0.15, 0.2) is 0 Å². The van der Waals surface area contributed by atoms with Gasteiger partial charge in [0.1, 0.15) is 0 Å². The van der Waals surface area contributed by atoms with Crippen molar-refractivity contribution in [1.82, 2.24) is 5.32 Å². The van der Waals surface area contributed by atoms with E-state index in [9.17, 15) is 4.79 Å². The second-order valence-corrected chi connectivity index (χ2v) is 4.15. The van der Waals surface area contributed by atoms with Crippen LogP contribution in [0.1, 0.15) is 25.0 Å². The van der Waals surface area contributed by atoms with E-state index >= 15 is 0 Å². The van der Waals surface area contributed by atoms with E-state index in [0.717, 1.165) is 11.1 Å². The Kier molecular flexibility index (Phi) is 5.12. The third-order valence-corrected chi connectivity index (χ3v) is 2.46. The summed E-state index contributed by atoms with van der Waals surface area (Å²) in [5.41, 5.74) is 4.07. The highest BCUT2D eigenvalue weighted by Gasteiger charge is 1.97. The lowest BCUT2D eigenvalue weighted by molar-refractivity contribution is -0.118. The SMILES string of the molecule is C=C(/C=C\C(=C/C)c1cccc(C)c1)NC(C)=O. The minimum Gasteiger partial charge on any atom is -0.327 e. The monoisotopic (exact) mass is 241 g/mol. The van der Waals surface area contributed by atoms with E-state index in [4.69, 9.17) is 0 Å². The van der Waals surface area contributed by atoms with Gasteiger partial charge in [-0.05, 0) is 31.1 Å². The summed E-state index contributed by atoms with van der Waals surface area (Å²) >= 11 is 0. The van der Waals surface area contributed by atoms with Crippen LogP contribution in [0, 0.1) is 6.92 Å². The molecule has 0 spiro atoms. The van der Waals surface area contributed by atoms with Crippen molar-refractivity contribution in [2.45, 2.75) is 20.8 Å². The summed E-state index contributed by atoms with van der Waals surface area (Å²) in [4.78, 5) is 10.9. The molecule has 18 heavy (non-hydrogen) atoms. The van der Waals surface area contributed by atoms with E-state index < -0.39 is 0 Å². The Balaban J connectivity index is 2.84. The molecule has 0 aromatic heterocycles. The Morgan fingerprint density at radius 1 is 1.33 bits per heavy atom. The number of allylic oxidation sites excluding steroid dienone is 4. The molecule has 0 bridgehead atoms. The molecular weight excluding hydrogens is 222 g/mol. The lowest BCUT2D eigenvalue weighted by Crippen LogP contribution is -2.16. The Labute approximate surface area is 109 Å². The highest BCUT2D eigenvalue weighted by molar-refractivity contribution is 5.77. The van der Waals surface area contributed by atoms with E-state index in [0.29, 0.717) is 5.70 Å². The lowest BCUT2D eigenvalue weighted by Gasteiger charge is -2.04. The summed E-state index contributed by atoms with van der Waals surface area (Å²) in [6.07, 6.45) is 5.79. The Bertz CT molecular complexity index is 510. The van der Waals surface area contributed by atoms with E-state index in [1.54, 1.807) is 6.08 Å². The van der Waals surface area contributed by atoms with Crippen LogP contribution in [0.15, 0.2) is 54.8 Å². The molecule has 1 aromatic carbocycles. The maximum Gasteiger partial charge on any atom is 0.221 e. The van der Waals surface area contributed by atoms with Crippen molar-refractivity contribution in [2.75, 3.05) is 0 Å². The van der Waals surface area contributed by atoms with Crippen molar-refractivity contribution in [3.8, 4) is 0 Å². The van der Waals surface area contributed by atoms with E-state index in [2.05, 4.69) is 37.0 Å². The number of aryl methyl sites for hydroxylation is 1. The molecule has 0 saturated carbocycles. The minimum absolute atomic E-state index is 0.109. The van der Waals surface area contributed by atoms with Crippen LogP contribution in [0.5, 0.6) is 0 Å². The molecule has 0 aliphatic heterocycles. The van der Waals surface area contributed by atoms with Crippen LogP contribution in [0.25, 0.3) is 5.57 Å². The molecule has 2 heteroatoms. The molecule has 0 saturated heterocycles. The Hall–Kier alpha value is -2.09. The quantitative estimate of drug-likeness (QED) is 0.802. The Morgan fingerprint density at radius 2 is 2.06 bits per heavy atom.